The van der Waals surface area contributed by atoms with E-state index in [4.69, 9.17) is 4.74 Å². The predicted octanol–water partition coefficient (Wildman–Crippen LogP) is 2.67. The number of ketones is 1. The lowest BCUT2D eigenvalue weighted by Crippen LogP contribution is -2.40. The van der Waals surface area contributed by atoms with E-state index in [0.29, 0.717) is 42.0 Å². The van der Waals surface area contributed by atoms with Crippen LogP contribution in [0.2, 0.25) is 0 Å². The van der Waals surface area contributed by atoms with Gasteiger partial charge >= 0.3 is 0 Å². The molecular weight excluding hydrogens is 466 g/mol. The number of rotatable bonds is 7. The average Bonchev–Trinajstić information content (AvgIpc) is 2.73. The Morgan fingerprint density at radius 1 is 1.17 bits per heavy atom. The highest BCUT2D eigenvalue weighted by Gasteiger charge is 2.26. The first-order valence-electron chi connectivity index (χ1n) is 8.68. The highest BCUT2D eigenvalue weighted by molar-refractivity contribution is 9.10. The van der Waals surface area contributed by atoms with Crippen molar-refractivity contribution in [3.05, 3.63) is 62.6 Å². The molecule has 29 heavy (non-hydrogen) atoms. The Morgan fingerprint density at radius 2 is 1.83 bits per heavy atom. The maximum absolute atomic E-state index is 12.6. The summed E-state index contributed by atoms with van der Waals surface area (Å²) < 4.78 is 32.2. The number of nitrogens with zero attached hydrogens (tertiary/aromatic N) is 2. The fourth-order valence-electron chi connectivity index (χ4n) is 2.79. The number of sulfonamides is 1. The molecule has 154 valence electrons. The second-order valence-electron chi connectivity index (χ2n) is 6.24. The van der Waals surface area contributed by atoms with E-state index < -0.39 is 14.9 Å². The first kappa shape index (κ1) is 21.4. The lowest BCUT2D eigenvalue weighted by Gasteiger charge is -2.26. The molecule has 1 fully saturated rings. The van der Waals surface area contributed by atoms with E-state index in [1.165, 1.54) is 46.8 Å². The van der Waals surface area contributed by atoms with Crippen molar-refractivity contribution in [3.8, 4) is 0 Å². The van der Waals surface area contributed by atoms with Gasteiger partial charge in [0.05, 0.1) is 29.6 Å². The third-order valence-corrected chi connectivity index (χ3v) is 6.96. The number of morpholine rings is 1. The third kappa shape index (κ3) is 4.99. The van der Waals surface area contributed by atoms with Gasteiger partial charge in [-0.15, -0.1) is 0 Å². The van der Waals surface area contributed by atoms with Crippen LogP contribution in [0.25, 0.3) is 0 Å². The number of hydrogen-bond acceptors (Lipinski definition) is 7. The number of halogens is 1. The van der Waals surface area contributed by atoms with E-state index in [2.05, 4.69) is 21.2 Å². The molecule has 0 spiro atoms. The van der Waals surface area contributed by atoms with Crippen LogP contribution in [0.1, 0.15) is 10.4 Å². The van der Waals surface area contributed by atoms with E-state index in [0.717, 1.165) is 0 Å². The van der Waals surface area contributed by atoms with Gasteiger partial charge in [-0.1, -0.05) is 0 Å². The zero-order valence-electron chi connectivity index (χ0n) is 15.2. The summed E-state index contributed by atoms with van der Waals surface area (Å²) in [5.41, 5.74) is 0.831. The molecule has 11 heteroatoms. The van der Waals surface area contributed by atoms with Crippen LogP contribution in [0.15, 0.2) is 51.8 Å². The van der Waals surface area contributed by atoms with Gasteiger partial charge in [-0.2, -0.15) is 4.31 Å². The van der Waals surface area contributed by atoms with Crippen LogP contribution in [-0.4, -0.2) is 56.3 Å². The first-order valence-corrected chi connectivity index (χ1v) is 10.9. The largest absolute Gasteiger partial charge is 0.379 e. The normalized spacial score (nSPS) is 15.1. The average molecular weight is 484 g/mol. The lowest BCUT2D eigenvalue weighted by atomic mass is 10.1. The molecule has 1 aliphatic heterocycles. The number of benzene rings is 2. The molecule has 2 aromatic rings. The second-order valence-corrected chi connectivity index (χ2v) is 9.03. The summed E-state index contributed by atoms with van der Waals surface area (Å²) in [4.78, 5) is 22.8. The molecule has 1 N–H and O–H groups in total. The molecule has 0 aromatic heterocycles. The minimum absolute atomic E-state index is 0.0496. The van der Waals surface area contributed by atoms with Crippen molar-refractivity contribution in [1.82, 2.24) is 4.31 Å². The van der Waals surface area contributed by atoms with Gasteiger partial charge in [-0.25, -0.2) is 8.42 Å². The van der Waals surface area contributed by atoms with E-state index in [1.54, 1.807) is 0 Å². The molecule has 1 saturated heterocycles. The molecule has 2 aromatic carbocycles. The number of nitrogens with one attached hydrogen (secondary N) is 1. The number of carbonyl (C=O) groups is 1. The molecule has 0 amide bonds. The number of carbonyl (C=O) groups excluding carboxylic acids is 1. The second kappa shape index (κ2) is 8.99. The maximum Gasteiger partial charge on any atom is 0.270 e. The van der Waals surface area contributed by atoms with Crippen molar-refractivity contribution in [2.75, 3.05) is 38.2 Å². The van der Waals surface area contributed by atoms with Gasteiger partial charge < -0.3 is 10.1 Å². The van der Waals surface area contributed by atoms with Gasteiger partial charge in [0.15, 0.2) is 5.78 Å². The van der Waals surface area contributed by atoms with Gasteiger partial charge in [0.25, 0.3) is 5.69 Å². The summed E-state index contributed by atoms with van der Waals surface area (Å²) in [6, 6.07) is 9.97. The summed E-state index contributed by atoms with van der Waals surface area (Å²) in [5.74, 6) is -0.245. The van der Waals surface area contributed by atoms with Crippen molar-refractivity contribution in [3.63, 3.8) is 0 Å². The number of nitro benzene ring substituents is 1. The van der Waals surface area contributed by atoms with Gasteiger partial charge in [0, 0.05) is 40.9 Å². The summed E-state index contributed by atoms with van der Waals surface area (Å²) in [6.45, 7) is 1.28. The van der Waals surface area contributed by atoms with E-state index in [-0.39, 0.29) is 22.9 Å². The highest BCUT2D eigenvalue weighted by atomic mass is 79.9. The quantitative estimate of drug-likeness (QED) is 0.365. The van der Waals surface area contributed by atoms with Crippen LogP contribution in [0, 0.1) is 10.1 Å². The smallest absolute Gasteiger partial charge is 0.270 e. The molecule has 0 aliphatic carbocycles. The Kier molecular flexibility index (Phi) is 6.63. The fraction of sp³-hybridized carbons (Fsp3) is 0.278. The van der Waals surface area contributed by atoms with Gasteiger partial charge in [0.1, 0.15) is 0 Å². The maximum atomic E-state index is 12.6. The standard InChI is InChI=1S/C18H18BrN3O6S/c19-16-11-14(22(24)25)3-6-17(16)20-12-18(23)13-1-4-15(5-2-13)29(26,27)21-7-9-28-10-8-21/h1-6,11,20H,7-10,12H2. The number of Topliss-reactive ketones (excluding diaryl/α,β-unsaturated/α-hetero) is 1. The Morgan fingerprint density at radius 3 is 2.41 bits per heavy atom. The number of hydrogen-bond donors (Lipinski definition) is 1. The van der Waals surface area contributed by atoms with Crippen LogP contribution >= 0.6 is 15.9 Å². The minimum atomic E-state index is -3.61. The van der Waals surface area contributed by atoms with Crippen LogP contribution in [0.3, 0.4) is 0 Å². The molecule has 1 heterocycles. The topological polar surface area (TPSA) is 119 Å². The van der Waals surface area contributed by atoms with Crippen molar-refractivity contribution >= 4 is 43.1 Å². The van der Waals surface area contributed by atoms with Gasteiger partial charge in [-0.05, 0) is 46.3 Å². The van der Waals surface area contributed by atoms with E-state index in [1.807, 2.05) is 0 Å². The molecule has 1 aliphatic rings. The van der Waals surface area contributed by atoms with Gasteiger partial charge in [0.2, 0.25) is 10.0 Å². The highest BCUT2D eigenvalue weighted by Crippen LogP contribution is 2.27. The molecule has 0 radical (unpaired) electrons. The number of anilines is 1. The summed E-state index contributed by atoms with van der Waals surface area (Å²) >= 11 is 3.23. The molecule has 3 rings (SSSR count). The Bertz CT molecular complexity index is 1020. The minimum Gasteiger partial charge on any atom is -0.379 e. The molecule has 0 saturated carbocycles. The summed E-state index contributed by atoms with van der Waals surface area (Å²) in [6.07, 6.45) is 0. The van der Waals surface area contributed by atoms with Crippen molar-refractivity contribution in [2.24, 2.45) is 0 Å². The zero-order chi connectivity index (χ0) is 21.0. The number of nitro groups is 1. The van der Waals surface area contributed by atoms with Crippen LogP contribution in [-0.2, 0) is 14.8 Å². The SMILES string of the molecule is O=C(CNc1ccc([N+](=O)[O-])cc1Br)c1ccc(S(=O)(=O)N2CCOCC2)cc1. The summed E-state index contributed by atoms with van der Waals surface area (Å²) in [7, 11) is -3.61. The van der Waals surface area contributed by atoms with Crippen LogP contribution in [0.5, 0.6) is 0 Å². The predicted molar refractivity (Wildman–Crippen MR) is 110 cm³/mol. The number of ether oxygens (including phenoxy) is 1. The van der Waals surface area contributed by atoms with E-state index >= 15 is 0 Å². The van der Waals surface area contributed by atoms with E-state index in [9.17, 15) is 23.3 Å². The zero-order valence-corrected chi connectivity index (χ0v) is 17.6. The number of non-ortho nitro benzene ring substituents is 1. The molecule has 9 nitrogen and oxygen atoms in total. The Balaban J connectivity index is 1.65. The molecular formula is C18H18BrN3O6S. The van der Waals surface area contributed by atoms with Crippen molar-refractivity contribution in [2.45, 2.75) is 4.90 Å². The lowest BCUT2D eigenvalue weighted by molar-refractivity contribution is -0.384. The monoisotopic (exact) mass is 483 g/mol. The van der Waals surface area contributed by atoms with Crippen LogP contribution < -0.4 is 5.32 Å². The molecule has 0 bridgehead atoms. The van der Waals surface area contributed by atoms with Crippen molar-refractivity contribution in [1.29, 1.82) is 0 Å². The summed E-state index contributed by atoms with van der Waals surface area (Å²) in [5, 5.41) is 13.7. The molecule has 0 unspecified atom stereocenters. The van der Waals surface area contributed by atoms with Crippen LogP contribution in [0.4, 0.5) is 11.4 Å². The fourth-order valence-corrected chi connectivity index (χ4v) is 4.70. The first-order chi connectivity index (χ1) is 13.8. The van der Waals surface area contributed by atoms with Gasteiger partial charge in [-0.3, -0.25) is 14.9 Å². The Labute approximate surface area is 176 Å². The van der Waals surface area contributed by atoms with Crippen molar-refractivity contribution < 1.29 is 22.9 Å². The molecule has 0 atom stereocenters. The third-order valence-electron chi connectivity index (χ3n) is 4.39. The Hall–Kier alpha value is -2.34.